The predicted octanol–water partition coefficient (Wildman–Crippen LogP) is 3.43. The van der Waals surface area contributed by atoms with E-state index in [4.69, 9.17) is 0 Å². The highest BCUT2D eigenvalue weighted by atomic mass is 16.1. The largest absolute Gasteiger partial charge is 0.299 e. The van der Waals surface area contributed by atoms with Gasteiger partial charge in [0, 0.05) is 12.3 Å². The molecule has 0 bridgehead atoms. The van der Waals surface area contributed by atoms with Crippen LogP contribution in [0.25, 0.3) is 0 Å². The molecule has 0 aliphatic heterocycles. The van der Waals surface area contributed by atoms with Gasteiger partial charge in [-0.3, -0.25) is 4.79 Å². The van der Waals surface area contributed by atoms with E-state index in [1.165, 1.54) is 12.8 Å². The summed E-state index contributed by atoms with van der Waals surface area (Å²) in [6, 6.07) is 0. The highest BCUT2D eigenvalue weighted by molar-refractivity contribution is 5.80. The number of ketones is 1. The zero-order chi connectivity index (χ0) is 9.56. The Morgan fingerprint density at radius 3 is 2.17 bits per heavy atom. The Balaban J connectivity index is 3.95. The van der Waals surface area contributed by atoms with E-state index in [0.29, 0.717) is 24.0 Å². The molecule has 1 unspecified atom stereocenters. The Kier molecular flexibility index (Phi) is 6.04. The van der Waals surface area contributed by atoms with E-state index in [2.05, 4.69) is 20.8 Å². The highest BCUT2D eigenvalue weighted by Crippen LogP contribution is 2.20. The Labute approximate surface area is 76.6 Å². The van der Waals surface area contributed by atoms with Crippen molar-refractivity contribution in [3.63, 3.8) is 0 Å². The summed E-state index contributed by atoms with van der Waals surface area (Å²) in [5, 5.41) is 0. The Morgan fingerprint density at radius 1 is 1.25 bits per heavy atom. The number of rotatable bonds is 6. The second kappa shape index (κ2) is 6.22. The molecule has 0 heterocycles. The van der Waals surface area contributed by atoms with Crippen molar-refractivity contribution in [3.8, 4) is 0 Å². The molecule has 0 saturated carbocycles. The van der Waals surface area contributed by atoms with Gasteiger partial charge in [-0.25, -0.2) is 0 Å². The average Bonchev–Trinajstić information content (AvgIpc) is 2.04. The van der Waals surface area contributed by atoms with Gasteiger partial charge in [-0.05, 0) is 12.3 Å². The summed E-state index contributed by atoms with van der Waals surface area (Å²) < 4.78 is 0. The van der Waals surface area contributed by atoms with Crippen molar-refractivity contribution in [3.05, 3.63) is 0 Å². The normalized spacial score (nSPS) is 13.4. The van der Waals surface area contributed by atoms with Gasteiger partial charge in [-0.2, -0.15) is 0 Å². The third-order valence-corrected chi connectivity index (χ3v) is 2.44. The maximum Gasteiger partial charge on any atom is 0.135 e. The Bertz CT molecular complexity index is 127. The van der Waals surface area contributed by atoms with Crippen LogP contribution in [0.5, 0.6) is 0 Å². The molecule has 0 rings (SSSR count). The summed E-state index contributed by atoms with van der Waals surface area (Å²) in [7, 11) is 0. The fourth-order valence-corrected chi connectivity index (χ4v) is 1.55. The van der Waals surface area contributed by atoms with Crippen molar-refractivity contribution < 1.29 is 4.79 Å². The van der Waals surface area contributed by atoms with Gasteiger partial charge >= 0.3 is 0 Å². The molecular weight excluding hydrogens is 148 g/mol. The molecular formula is C11H22O. The maximum absolute atomic E-state index is 11.5. The van der Waals surface area contributed by atoms with Crippen LogP contribution in [0.3, 0.4) is 0 Å². The standard InChI is InChI=1S/C11H22O/c1-5-7-8-10(9(3)4)11(12)6-2/h9-10H,5-8H2,1-4H3. The summed E-state index contributed by atoms with van der Waals surface area (Å²) in [6.45, 7) is 8.43. The van der Waals surface area contributed by atoms with Crippen molar-refractivity contribution >= 4 is 5.78 Å². The Morgan fingerprint density at radius 2 is 1.83 bits per heavy atom. The summed E-state index contributed by atoms with van der Waals surface area (Å²) >= 11 is 0. The lowest BCUT2D eigenvalue weighted by molar-refractivity contribution is -0.124. The molecule has 0 N–H and O–H groups in total. The molecule has 0 aromatic rings. The van der Waals surface area contributed by atoms with Crippen molar-refractivity contribution in [2.75, 3.05) is 0 Å². The molecule has 0 aromatic heterocycles. The van der Waals surface area contributed by atoms with Crippen LogP contribution in [0.2, 0.25) is 0 Å². The lowest BCUT2D eigenvalue weighted by Crippen LogP contribution is -2.19. The van der Waals surface area contributed by atoms with Crippen LogP contribution in [-0.2, 0) is 4.79 Å². The fourth-order valence-electron chi connectivity index (χ4n) is 1.55. The molecule has 0 spiro atoms. The topological polar surface area (TPSA) is 17.1 Å². The smallest absolute Gasteiger partial charge is 0.135 e. The first-order valence-electron chi connectivity index (χ1n) is 5.16. The molecule has 12 heavy (non-hydrogen) atoms. The SMILES string of the molecule is CCCCC(C(=O)CC)C(C)C. The second-order valence-electron chi connectivity index (χ2n) is 3.81. The van der Waals surface area contributed by atoms with Gasteiger partial charge in [0.15, 0.2) is 0 Å². The van der Waals surface area contributed by atoms with E-state index in [0.717, 1.165) is 6.42 Å². The number of hydrogen-bond acceptors (Lipinski definition) is 1. The molecule has 1 nitrogen and oxygen atoms in total. The second-order valence-corrected chi connectivity index (χ2v) is 3.81. The van der Waals surface area contributed by atoms with E-state index in [9.17, 15) is 4.79 Å². The number of carbonyl (C=O) groups is 1. The molecule has 0 aliphatic carbocycles. The summed E-state index contributed by atoms with van der Waals surface area (Å²) in [5.74, 6) is 1.28. The van der Waals surface area contributed by atoms with Crippen LogP contribution in [0.1, 0.15) is 53.4 Å². The van der Waals surface area contributed by atoms with Crippen LogP contribution >= 0.6 is 0 Å². The molecule has 0 saturated heterocycles. The van der Waals surface area contributed by atoms with Gasteiger partial charge < -0.3 is 0 Å². The lowest BCUT2D eigenvalue weighted by Gasteiger charge is -2.18. The first-order chi connectivity index (χ1) is 5.63. The van der Waals surface area contributed by atoms with Gasteiger partial charge in [0.05, 0.1) is 0 Å². The zero-order valence-electron chi connectivity index (χ0n) is 8.89. The van der Waals surface area contributed by atoms with Gasteiger partial charge in [-0.1, -0.05) is 40.5 Å². The van der Waals surface area contributed by atoms with E-state index < -0.39 is 0 Å². The summed E-state index contributed by atoms with van der Waals surface area (Å²) in [4.78, 5) is 11.5. The van der Waals surface area contributed by atoms with Gasteiger partial charge in [0.1, 0.15) is 5.78 Å². The number of hydrogen-bond donors (Lipinski definition) is 0. The van der Waals surface area contributed by atoms with Crippen LogP contribution in [0.4, 0.5) is 0 Å². The van der Waals surface area contributed by atoms with E-state index >= 15 is 0 Å². The third kappa shape index (κ3) is 3.89. The number of carbonyl (C=O) groups excluding carboxylic acids is 1. The molecule has 0 fully saturated rings. The summed E-state index contributed by atoms with van der Waals surface area (Å²) in [5.41, 5.74) is 0. The van der Waals surface area contributed by atoms with Crippen molar-refractivity contribution in [2.24, 2.45) is 11.8 Å². The molecule has 0 aromatic carbocycles. The number of unbranched alkanes of at least 4 members (excludes halogenated alkanes) is 1. The lowest BCUT2D eigenvalue weighted by atomic mass is 9.86. The van der Waals surface area contributed by atoms with Crippen molar-refractivity contribution in [1.29, 1.82) is 0 Å². The third-order valence-electron chi connectivity index (χ3n) is 2.44. The zero-order valence-corrected chi connectivity index (χ0v) is 8.89. The average molecular weight is 170 g/mol. The van der Waals surface area contributed by atoms with E-state index in [1.807, 2.05) is 6.92 Å². The van der Waals surface area contributed by atoms with Crippen LogP contribution in [-0.4, -0.2) is 5.78 Å². The predicted molar refractivity (Wildman–Crippen MR) is 53.2 cm³/mol. The quantitative estimate of drug-likeness (QED) is 0.597. The first-order valence-corrected chi connectivity index (χ1v) is 5.16. The van der Waals surface area contributed by atoms with Crippen LogP contribution in [0, 0.1) is 11.8 Å². The van der Waals surface area contributed by atoms with Gasteiger partial charge in [0.2, 0.25) is 0 Å². The van der Waals surface area contributed by atoms with Gasteiger partial charge in [-0.15, -0.1) is 0 Å². The molecule has 1 atom stereocenters. The molecule has 1 heteroatoms. The minimum absolute atomic E-state index is 0.315. The van der Waals surface area contributed by atoms with Crippen molar-refractivity contribution in [1.82, 2.24) is 0 Å². The number of Topliss-reactive ketones (excluding diaryl/α,β-unsaturated/α-hetero) is 1. The molecule has 72 valence electrons. The van der Waals surface area contributed by atoms with Gasteiger partial charge in [0.25, 0.3) is 0 Å². The monoisotopic (exact) mass is 170 g/mol. The molecule has 0 aliphatic rings. The highest BCUT2D eigenvalue weighted by Gasteiger charge is 2.19. The Hall–Kier alpha value is -0.330. The first kappa shape index (κ1) is 11.7. The summed E-state index contributed by atoms with van der Waals surface area (Å²) in [6.07, 6.45) is 4.17. The molecule has 0 radical (unpaired) electrons. The van der Waals surface area contributed by atoms with Crippen LogP contribution in [0.15, 0.2) is 0 Å². The molecule has 0 amide bonds. The minimum atomic E-state index is 0.315. The maximum atomic E-state index is 11.5. The minimum Gasteiger partial charge on any atom is -0.299 e. The van der Waals surface area contributed by atoms with Crippen LogP contribution < -0.4 is 0 Å². The van der Waals surface area contributed by atoms with E-state index in [1.54, 1.807) is 0 Å². The van der Waals surface area contributed by atoms with Crippen molar-refractivity contribution in [2.45, 2.75) is 53.4 Å². The fraction of sp³-hybridized carbons (Fsp3) is 0.909. The van der Waals surface area contributed by atoms with E-state index in [-0.39, 0.29) is 0 Å².